The van der Waals surface area contributed by atoms with Gasteiger partial charge >= 0.3 is 0 Å². The number of nitriles is 1. The number of nitrogens with zero attached hydrogens (tertiary/aromatic N) is 4. The van der Waals surface area contributed by atoms with Crippen molar-refractivity contribution in [2.75, 3.05) is 11.1 Å². The molecule has 1 atom stereocenters. The van der Waals surface area contributed by atoms with Crippen LogP contribution in [-0.4, -0.2) is 14.4 Å². The predicted octanol–water partition coefficient (Wildman–Crippen LogP) is 4.85. The first-order valence-electron chi connectivity index (χ1n) is 11.2. The summed E-state index contributed by atoms with van der Waals surface area (Å²) in [7, 11) is 0. The maximum Gasteiger partial charge on any atom is 0.263 e. The summed E-state index contributed by atoms with van der Waals surface area (Å²) in [4.78, 5) is 22.0. The van der Waals surface area contributed by atoms with Gasteiger partial charge in [-0.2, -0.15) is 10.2 Å². The van der Waals surface area contributed by atoms with Gasteiger partial charge in [-0.05, 0) is 73.6 Å². The van der Waals surface area contributed by atoms with Gasteiger partial charge in [-0.25, -0.2) is 13.8 Å². The van der Waals surface area contributed by atoms with Crippen LogP contribution < -0.4 is 16.6 Å². The molecule has 0 amide bonds. The van der Waals surface area contributed by atoms with E-state index in [9.17, 15) is 18.8 Å². The van der Waals surface area contributed by atoms with E-state index in [1.165, 1.54) is 40.9 Å². The van der Waals surface area contributed by atoms with Crippen LogP contribution in [0.25, 0.3) is 16.6 Å². The van der Waals surface area contributed by atoms with Crippen LogP contribution in [0.3, 0.4) is 0 Å². The lowest BCUT2D eigenvalue weighted by Crippen LogP contribution is -2.24. The molecular formula is C26H22F2N6O. The van der Waals surface area contributed by atoms with Gasteiger partial charge in [0.15, 0.2) is 0 Å². The number of hydrogen-bond acceptors (Lipinski definition) is 6. The summed E-state index contributed by atoms with van der Waals surface area (Å²) in [6.07, 6.45) is 3.04. The molecule has 3 N–H and O–H groups in total. The molecule has 35 heavy (non-hydrogen) atoms. The Bertz CT molecular complexity index is 1570. The molecule has 1 aliphatic carbocycles. The second kappa shape index (κ2) is 8.47. The van der Waals surface area contributed by atoms with Crippen LogP contribution in [0.1, 0.15) is 54.1 Å². The number of pyridine rings is 2. The average molecular weight is 472 g/mol. The molecule has 0 radical (unpaired) electrons. The average Bonchev–Trinajstić information content (AvgIpc) is 3.65. The molecule has 3 aromatic heterocycles. The first-order valence-corrected chi connectivity index (χ1v) is 11.2. The lowest BCUT2D eigenvalue weighted by molar-refractivity contribution is 0.617. The highest BCUT2D eigenvalue weighted by Gasteiger charge is 2.33. The smallest absolute Gasteiger partial charge is 0.263 e. The summed E-state index contributed by atoms with van der Waals surface area (Å²) in [6, 6.07) is 10.2. The number of halogens is 2. The molecule has 0 saturated heterocycles. The molecule has 4 aromatic rings. The summed E-state index contributed by atoms with van der Waals surface area (Å²) in [6.45, 7) is 3.53. The van der Waals surface area contributed by atoms with Crippen molar-refractivity contribution in [3.05, 3.63) is 87.0 Å². The first-order chi connectivity index (χ1) is 16.8. The number of aromatic nitrogens is 3. The Kier molecular flexibility index (Phi) is 5.44. The number of hydrogen-bond donors (Lipinski definition) is 2. The second-order valence-electron chi connectivity index (χ2n) is 8.76. The molecule has 0 spiro atoms. The minimum atomic E-state index is -0.532. The van der Waals surface area contributed by atoms with E-state index in [1.54, 1.807) is 13.0 Å². The zero-order valence-electron chi connectivity index (χ0n) is 19.1. The molecule has 1 aliphatic rings. The summed E-state index contributed by atoms with van der Waals surface area (Å²) in [5, 5.41) is 12.9. The fourth-order valence-corrected chi connectivity index (χ4v) is 4.63. The van der Waals surface area contributed by atoms with Crippen molar-refractivity contribution in [3.8, 4) is 17.2 Å². The molecule has 176 valence electrons. The fourth-order valence-electron chi connectivity index (χ4n) is 4.63. The second-order valence-corrected chi connectivity index (χ2v) is 8.76. The van der Waals surface area contributed by atoms with E-state index in [1.807, 2.05) is 6.92 Å². The monoisotopic (exact) mass is 472 g/mol. The van der Waals surface area contributed by atoms with E-state index in [0.717, 1.165) is 18.4 Å². The molecule has 1 aromatic carbocycles. The third-order valence-corrected chi connectivity index (χ3v) is 6.30. The summed E-state index contributed by atoms with van der Waals surface area (Å²) in [5.74, 6) is -0.498. The number of fused-ring (bicyclic) bond motifs is 1. The Hall–Kier alpha value is -4.32. The molecular weight excluding hydrogens is 450 g/mol. The summed E-state index contributed by atoms with van der Waals surface area (Å²) < 4.78 is 29.2. The molecule has 5 rings (SSSR count). The molecule has 1 fully saturated rings. The van der Waals surface area contributed by atoms with Crippen molar-refractivity contribution < 1.29 is 8.78 Å². The van der Waals surface area contributed by atoms with Gasteiger partial charge < -0.3 is 11.1 Å². The van der Waals surface area contributed by atoms with Crippen LogP contribution in [0.15, 0.2) is 47.4 Å². The molecule has 7 nitrogen and oxygen atoms in total. The Morgan fingerprint density at radius 2 is 1.83 bits per heavy atom. The Balaban J connectivity index is 1.80. The Labute approximate surface area is 199 Å². The van der Waals surface area contributed by atoms with Gasteiger partial charge in [0.05, 0.1) is 22.8 Å². The van der Waals surface area contributed by atoms with Crippen LogP contribution in [0, 0.1) is 29.9 Å². The summed E-state index contributed by atoms with van der Waals surface area (Å²) in [5.41, 5.74) is 9.20. The van der Waals surface area contributed by atoms with Crippen molar-refractivity contribution in [3.63, 3.8) is 0 Å². The van der Waals surface area contributed by atoms with Crippen LogP contribution in [0.4, 0.5) is 20.5 Å². The lowest BCUT2D eigenvalue weighted by Gasteiger charge is -2.24. The van der Waals surface area contributed by atoms with E-state index in [0.29, 0.717) is 27.9 Å². The van der Waals surface area contributed by atoms with Crippen molar-refractivity contribution >= 4 is 17.3 Å². The van der Waals surface area contributed by atoms with E-state index < -0.39 is 23.2 Å². The number of nitrogen functional groups attached to an aromatic ring is 1. The molecule has 3 heterocycles. The largest absolute Gasteiger partial charge is 0.368 e. The van der Waals surface area contributed by atoms with Crippen LogP contribution in [-0.2, 0) is 0 Å². The van der Waals surface area contributed by atoms with Crippen LogP contribution in [0.2, 0.25) is 0 Å². The van der Waals surface area contributed by atoms with Crippen LogP contribution >= 0.6 is 0 Å². The van der Waals surface area contributed by atoms with Gasteiger partial charge in [-0.3, -0.25) is 9.20 Å². The summed E-state index contributed by atoms with van der Waals surface area (Å²) >= 11 is 0. The normalized spacial score (nSPS) is 14.0. The highest BCUT2D eigenvalue weighted by molar-refractivity contribution is 5.76. The molecule has 0 aliphatic heterocycles. The topological polar surface area (TPSA) is 109 Å². The minimum Gasteiger partial charge on any atom is -0.368 e. The SMILES string of the molecule is Cc1nc(N)nc(N[C@@H](C)c2c(-c3ccc(F)cc3)c(=O)n3cc(F)ccc3c2C2CC2)c1C#N. The van der Waals surface area contributed by atoms with Gasteiger partial charge in [0.2, 0.25) is 5.95 Å². The number of anilines is 2. The fraction of sp³-hybridized carbons (Fsp3) is 0.231. The number of aryl methyl sites for hydroxylation is 1. The maximum atomic E-state index is 14.2. The number of nitrogens with one attached hydrogen (secondary N) is 1. The van der Waals surface area contributed by atoms with Gasteiger partial charge in [0.1, 0.15) is 29.1 Å². The highest BCUT2D eigenvalue weighted by atomic mass is 19.1. The number of benzene rings is 1. The van der Waals surface area contributed by atoms with Crippen molar-refractivity contribution in [2.45, 2.75) is 38.6 Å². The van der Waals surface area contributed by atoms with Crippen molar-refractivity contribution in [1.82, 2.24) is 14.4 Å². The van der Waals surface area contributed by atoms with Gasteiger partial charge in [0, 0.05) is 6.20 Å². The Morgan fingerprint density at radius 3 is 2.49 bits per heavy atom. The minimum absolute atomic E-state index is 0.0198. The standard InChI is InChI=1S/C26H22F2N6O/c1-13-19(11-29)24(33-26(30)32-13)31-14(2)21-22(15-3-4-15)20-10-9-18(28)12-34(20)25(35)23(21)16-5-7-17(27)8-6-16/h5-10,12,14-15H,3-4H2,1-2H3,(H3,30,31,32,33)/t14-/m0/s1. The molecule has 1 saturated carbocycles. The number of nitrogens with two attached hydrogens (primary N) is 1. The van der Waals surface area contributed by atoms with Crippen LogP contribution in [0.5, 0.6) is 0 Å². The highest BCUT2D eigenvalue weighted by Crippen LogP contribution is 2.47. The van der Waals surface area contributed by atoms with Crippen molar-refractivity contribution in [2.24, 2.45) is 0 Å². The van der Waals surface area contributed by atoms with E-state index in [-0.39, 0.29) is 23.2 Å². The van der Waals surface area contributed by atoms with Gasteiger partial charge in [-0.1, -0.05) is 12.1 Å². The zero-order chi connectivity index (χ0) is 24.9. The quantitative estimate of drug-likeness (QED) is 0.430. The Morgan fingerprint density at radius 1 is 1.14 bits per heavy atom. The number of rotatable bonds is 5. The third-order valence-electron chi connectivity index (χ3n) is 6.30. The van der Waals surface area contributed by atoms with Gasteiger partial charge in [0.25, 0.3) is 5.56 Å². The maximum absolute atomic E-state index is 14.2. The van der Waals surface area contributed by atoms with E-state index in [2.05, 4.69) is 21.4 Å². The lowest BCUT2D eigenvalue weighted by atomic mass is 9.89. The van der Waals surface area contributed by atoms with Gasteiger partial charge in [-0.15, -0.1) is 0 Å². The molecule has 9 heteroatoms. The van der Waals surface area contributed by atoms with E-state index >= 15 is 0 Å². The van der Waals surface area contributed by atoms with E-state index in [4.69, 9.17) is 5.73 Å². The van der Waals surface area contributed by atoms with Crippen molar-refractivity contribution in [1.29, 1.82) is 5.26 Å². The first kappa shape index (κ1) is 22.5. The molecule has 0 unspecified atom stereocenters. The zero-order valence-corrected chi connectivity index (χ0v) is 19.1. The third kappa shape index (κ3) is 3.97. The predicted molar refractivity (Wildman–Crippen MR) is 129 cm³/mol. The molecule has 0 bridgehead atoms.